The number of aryl methyl sites for hydroxylation is 1. The van der Waals surface area contributed by atoms with Crippen LogP contribution >= 0.6 is 0 Å². The van der Waals surface area contributed by atoms with Gasteiger partial charge in [-0.25, -0.2) is 4.39 Å². The SMILES string of the molecule is CCCC(C(=O)OCC)C(O)c1ccc(F)cc1C. The molecule has 0 aromatic heterocycles. The maximum Gasteiger partial charge on any atom is 0.311 e. The number of esters is 1. The molecule has 1 aromatic carbocycles. The topological polar surface area (TPSA) is 46.5 Å². The Morgan fingerprint density at radius 1 is 1.42 bits per heavy atom. The first-order chi connectivity index (χ1) is 9.01. The van der Waals surface area contributed by atoms with Crippen molar-refractivity contribution in [3.63, 3.8) is 0 Å². The number of rotatable bonds is 6. The average Bonchev–Trinajstić information content (AvgIpc) is 2.35. The molecule has 0 aliphatic carbocycles. The number of ether oxygens (including phenoxy) is 1. The van der Waals surface area contributed by atoms with E-state index in [-0.39, 0.29) is 12.4 Å². The van der Waals surface area contributed by atoms with Crippen molar-refractivity contribution in [2.24, 2.45) is 5.92 Å². The number of hydrogen-bond donors (Lipinski definition) is 1. The van der Waals surface area contributed by atoms with Crippen molar-refractivity contribution in [1.29, 1.82) is 0 Å². The van der Waals surface area contributed by atoms with Gasteiger partial charge in [-0.3, -0.25) is 4.79 Å². The molecular weight excluding hydrogens is 247 g/mol. The van der Waals surface area contributed by atoms with Crippen molar-refractivity contribution in [2.75, 3.05) is 6.61 Å². The Morgan fingerprint density at radius 3 is 2.63 bits per heavy atom. The maximum atomic E-state index is 13.1. The molecule has 0 fully saturated rings. The van der Waals surface area contributed by atoms with Gasteiger partial charge < -0.3 is 9.84 Å². The monoisotopic (exact) mass is 268 g/mol. The minimum absolute atomic E-state index is 0.286. The molecule has 106 valence electrons. The third-order valence-corrected chi connectivity index (χ3v) is 3.12. The first kappa shape index (κ1) is 15.6. The van der Waals surface area contributed by atoms with Crippen LogP contribution in [-0.2, 0) is 9.53 Å². The third kappa shape index (κ3) is 4.03. The number of aliphatic hydroxyl groups excluding tert-OH is 1. The minimum Gasteiger partial charge on any atom is -0.466 e. The summed E-state index contributed by atoms with van der Waals surface area (Å²) in [5.41, 5.74) is 1.21. The normalized spacial score (nSPS) is 13.9. The van der Waals surface area contributed by atoms with Crippen LogP contribution in [0.15, 0.2) is 18.2 Å². The van der Waals surface area contributed by atoms with Gasteiger partial charge in [0.25, 0.3) is 0 Å². The molecule has 0 radical (unpaired) electrons. The predicted molar refractivity (Wildman–Crippen MR) is 71.1 cm³/mol. The fourth-order valence-electron chi connectivity index (χ4n) is 2.15. The number of carbonyl (C=O) groups excluding carboxylic acids is 1. The Bertz CT molecular complexity index is 431. The van der Waals surface area contributed by atoms with Crippen molar-refractivity contribution >= 4 is 5.97 Å². The van der Waals surface area contributed by atoms with E-state index in [0.29, 0.717) is 17.5 Å². The lowest BCUT2D eigenvalue weighted by Gasteiger charge is -2.22. The van der Waals surface area contributed by atoms with Crippen molar-refractivity contribution in [2.45, 2.75) is 39.7 Å². The number of hydrogen-bond acceptors (Lipinski definition) is 3. The fraction of sp³-hybridized carbons (Fsp3) is 0.533. The molecule has 2 atom stereocenters. The number of carbonyl (C=O) groups is 1. The molecule has 1 rings (SSSR count). The summed E-state index contributed by atoms with van der Waals surface area (Å²) in [5.74, 6) is -1.36. The van der Waals surface area contributed by atoms with E-state index in [1.54, 1.807) is 13.8 Å². The van der Waals surface area contributed by atoms with Gasteiger partial charge >= 0.3 is 5.97 Å². The molecule has 1 N–H and O–H groups in total. The van der Waals surface area contributed by atoms with Gasteiger partial charge in [-0.2, -0.15) is 0 Å². The van der Waals surface area contributed by atoms with Crippen LogP contribution in [-0.4, -0.2) is 17.7 Å². The Morgan fingerprint density at radius 2 is 2.11 bits per heavy atom. The van der Waals surface area contributed by atoms with Crippen LogP contribution in [0.3, 0.4) is 0 Å². The molecule has 0 aliphatic rings. The van der Waals surface area contributed by atoms with E-state index in [9.17, 15) is 14.3 Å². The van der Waals surface area contributed by atoms with E-state index in [4.69, 9.17) is 4.74 Å². The van der Waals surface area contributed by atoms with Crippen LogP contribution in [0.1, 0.15) is 43.9 Å². The molecule has 0 amide bonds. The zero-order valence-electron chi connectivity index (χ0n) is 11.6. The Labute approximate surface area is 113 Å². The predicted octanol–water partition coefficient (Wildman–Crippen LogP) is 3.15. The minimum atomic E-state index is -0.959. The highest BCUT2D eigenvalue weighted by molar-refractivity contribution is 5.73. The molecule has 3 nitrogen and oxygen atoms in total. The second kappa shape index (κ2) is 7.24. The summed E-state index contributed by atoms with van der Waals surface area (Å²) in [6.07, 6.45) is 0.344. The summed E-state index contributed by atoms with van der Waals surface area (Å²) in [4.78, 5) is 11.9. The highest BCUT2D eigenvalue weighted by atomic mass is 19.1. The van der Waals surface area contributed by atoms with Gasteiger partial charge in [-0.05, 0) is 43.5 Å². The van der Waals surface area contributed by atoms with Crippen LogP contribution in [0.5, 0.6) is 0 Å². The molecule has 0 bridgehead atoms. The molecule has 0 heterocycles. The van der Waals surface area contributed by atoms with Crippen molar-refractivity contribution in [3.8, 4) is 0 Å². The molecule has 0 saturated heterocycles. The van der Waals surface area contributed by atoms with Crippen molar-refractivity contribution in [1.82, 2.24) is 0 Å². The van der Waals surface area contributed by atoms with Gasteiger partial charge in [-0.1, -0.05) is 19.4 Å². The number of aliphatic hydroxyl groups is 1. The van der Waals surface area contributed by atoms with Gasteiger partial charge in [0.1, 0.15) is 5.82 Å². The highest BCUT2D eigenvalue weighted by Gasteiger charge is 2.29. The van der Waals surface area contributed by atoms with Crippen LogP contribution < -0.4 is 0 Å². The zero-order chi connectivity index (χ0) is 14.4. The smallest absolute Gasteiger partial charge is 0.311 e. The van der Waals surface area contributed by atoms with Crippen molar-refractivity contribution in [3.05, 3.63) is 35.1 Å². The quantitative estimate of drug-likeness (QED) is 0.806. The third-order valence-electron chi connectivity index (χ3n) is 3.12. The van der Waals surface area contributed by atoms with E-state index in [2.05, 4.69) is 0 Å². The standard InChI is InChI=1S/C15H21FO3/c1-4-6-13(15(18)19-5-2)14(17)12-8-7-11(16)9-10(12)3/h7-9,13-14,17H,4-6H2,1-3H3. The van der Waals surface area contributed by atoms with E-state index >= 15 is 0 Å². The Balaban J connectivity index is 2.98. The lowest BCUT2D eigenvalue weighted by molar-refractivity contribution is -0.152. The molecule has 0 spiro atoms. The molecule has 0 aliphatic heterocycles. The van der Waals surface area contributed by atoms with Gasteiger partial charge in [0.05, 0.1) is 18.6 Å². The fourth-order valence-corrected chi connectivity index (χ4v) is 2.15. The largest absolute Gasteiger partial charge is 0.466 e. The molecule has 19 heavy (non-hydrogen) atoms. The second-order valence-corrected chi connectivity index (χ2v) is 4.59. The Kier molecular flexibility index (Phi) is 5.96. The second-order valence-electron chi connectivity index (χ2n) is 4.59. The molecule has 4 heteroatoms. The average molecular weight is 268 g/mol. The summed E-state index contributed by atoms with van der Waals surface area (Å²) in [5, 5.41) is 10.4. The summed E-state index contributed by atoms with van der Waals surface area (Å²) < 4.78 is 18.1. The van der Waals surface area contributed by atoms with Gasteiger partial charge in [0.15, 0.2) is 0 Å². The Hall–Kier alpha value is -1.42. The van der Waals surface area contributed by atoms with E-state index in [0.717, 1.165) is 6.42 Å². The van der Waals surface area contributed by atoms with E-state index < -0.39 is 18.0 Å². The zero-order valence-corrected chi connectivity index (χ0v) is 11.6. The van der Waals surface area contributed by atoms with Crippen LogP contribution in [0, 0.1) is 18.7 Å². The maximum absolute atomic E-state index is 13.1. The first-order valence-corrected chi connectivity index (χ1v) is 6.62. The van der Waals surface area contributed by atoms with Gasteiger partial charge in [0.2, 0.25) is 0 Å². The molecule has 0 saturated carbocycles. The number of halogens is 1. The van der Waals surface area contributed by atoms with Gasteiger partial charge in [-0.15, -0.1) is 0 Å². The molecular formula is C15H21FO3. The van der Waals surface area contributed by atoms with Crippen LogP contribution in [0.25, 0.3) is 0 Å². The van der Waals surface area contributed by atoms with E-state index in [1.165, 1.54) is 18.2 Å². The van der Waals surface area contributed by atoms with Crippen molar-refractivity contribution < 1.29 is 19.0 Å². The summed E-state index contributed by atoms with van der Waals surface area (Å²) in [6, 6.07) is 4.17. The lowest BCUT2D eigenvalue weighted by Crippen LogP contribution is -2.25. The summed E-state index contributed by atoms with van der Waals surface area (Å²) in [7, 11) is 0. The molecule has 1 aromatic rings. The van der Waals surface area contributed by atoms with Crippen LogP contribution in [0.4, 0.5) is 4.39 Å². The lowest BCUT2D eigenvalue weighted by atomic mass is 9.89. The van der Waals surface area contributed by atoms with Crippen LogP contribution in [0.2, 0.25) is 0 Å². The highest BCUT2D eigenvalue weighted by Crippen LogP contribution is 2.29. The number of benzene rings is 1. The first-order valence-electron chi connectivity index (χ1n) is 6.62. The van der Waals surface area contributed by atoms with Gasteiger partial charge in [0, 0.05) is 0 Å². The molecule has 2 unspecified atom stereocenters. The van der Waals surface area contributed by atoms with E-state index in [1.807, 2.05) is 6.92 Å². The summed E-state index contributed by atoms with van der Waals surface area (Å²) >= 11 is 0. The summed E-state index contributed by atoms with van der Waals surface area (Å²) in [6.45, 7) is 5.68.